The summed E-state index contributed by atoms with van der Waals surface area (Å²) in [7, 11) is 0. The molecule has 0 aliphatic carbocycles. The molecule has 1 heterocycles. The van der Waals surface area contributed by atoms with Crippen molar-refractivity contribution in [2.24, 2.45) is 0 Å². The van der Waals surface area contributed by atoms with E-state index in [1.807, 2.05) is 6.92 Å². The lowest BCUT2D eigenvalue weighted by Crippen LogP contribution is -2.12. The lowest BCUT2D eigenvalue weighted by Gasteiger charge is -2.04. The standard InChI is InChI=1S/C12H11ClN2O4S2/c1-2-9-11(21(18)19)15-12(20-9)14-10(17)7-4-3-6(13)5-8(7)16/h3-5,16H,2H2,1H3,(H,18,19)(H,14,15,17). The number of carbonyl (C=O) groups excluding carboxylic acids is 1. The van der Waals surface area contributed by atoms with Gasteiger partial charge in [-0.15, -0.1) is 11.3 Å². The molecule has 3 N–H and O–H groups in total. The van der Waals surface area contributed by atoms with E-state index in [1.54, 1.807) is 0 Å². The Bertz CT molecular complexity index is 717. The third-order valence-corrected chi connectivity index (χ3v) is 4.72. The number of hydrogen-bond donors (Lipinski definition) is 3. The zero-order valence-electron chi connectivity index (χ0n) is 10.8. The summed E-state index contributed by atoms with van der Waals surface area (Å²) < 4.78 is 20.3. The van der Waals surface area contributed by atoms with Crippen molar-refractivity contribution in [2.45, 2.75) is 18.4 Å². The molecule has 6 nitrogen and oxygen atoms in total. The van der Waals surface area contributed by atoms with E-state index in [1.165, 1.54) is 18.2 Å². The van der Waals surface area contributed by atoms with Crippen molar-refractivity contribution in [1.82, 2.24) is 4.98 Å². The van der Waals surface area contributed by atoms with Gasteiger partial charge in [-0.3, -0.25) is 10.1 Å². The maximum Gasteiger partial charge on any atom is 0.261 e. The maximum atomic E-state index is 12.0. The summed E-state index contributed by atoms with van der Waals surface area (Å²) in [5.41, 5.74) is 0.0410. The molecule has 0 bridgehead atoms. The van der Waals surface area contributed by atoms with Gasteiger partial charge in [0.2, 0.25) is 11.1 Å². The highest BCUT2D eigenvalue weighted by atomic mass is 35.5. The van der Waals surface area contributed by atoms with Crippen molar-refractivity contribution >= 4 is 45.1 Å². The SMILES string of the molecule is CCc1sc(NC(=O)c2ccc(Cl)cc2O)nc1S(=O)O. The number of aromatic nitrogens is 1. The van der Waals surface area contributed by atoms with Crippen LogP contribution in [0.15, 0.2) is 23.2 Å². The van der Waals surface area contributed by atoms with Crippen LogP contribution in [-0.2, 0) is 17.5 Å². The van der Waals surface area contributed by atoms with Crippen molar-refractivity contribution < 1.29 is 18.7 Å². The van der Waals surface area contributed by atoms with Crippen molar-refractivity contribution in [1.29, 1.82) is 0 Å². The summed E-state index contributed by atoms with van der Waals surface area (Å²) in [6.07, 6.45) is 0.529. The largest absolute Gasteiger partial charge is 0.507 e. The number of carbonyl (C=O) groups is 1. The Hall–Kier alpha value is -1.48. The Labute approximate surface area is 132 Å². The molecule has 1 unspecified atom stereocenters. The van der Waals surface area contributed by atoms with Crippen LogP contribution < -0.4 is 5.32 Å². The molecule has 2 rings (SSSR count). The lowest BCUT2D eigenvalue weighted by molar-refractivity contribution is 0.102. The summed E-state index contributed by atoms with van der Waals surface area (Å²) in [4.78, 5) is 16.6. The van der Waals surface area contributed by atoms with Gasteiger partial charge in [0.25, 0.3) is 5.91 Å². The molecule has 1 amide bonds. The molecular weight excluding hydrogens is 336 g/mol. The van der Waals surface area contributed by atoms with E-state index in [0.29, 0.717) is 16.3 Å². The summed E-state index contributed by atoms with van der Waals surface area (Å²) in [6.45, 7) is 1.82. The minimum atomic E-state index is -2.21. The molecule has 0 aliphatic rings. The molecule has 1 atom stereocenters. The number of nitrogens with one attached hydrogen (secondary N) is 1. The van der Waals surface area contributed by atoms with Gasteiger partial charge in [-0.2, -0.15) is 0 Å². The van der Waals surface area contributed by atoms with Gasteiger partial charge in [0.05, 0.1) is 5.56 Å². The number of rotatable bonds is 4. The third kappa shape index (κ3) is 3.59. The van der Waals surface area contributed by atoms with Crippen LogP contribution in [0.1, 0.15) is 22.2 Å². The fourth-order valence-corrected chi connectivity index (χ4v) is 3.48. The van der Waals surface area contributed by atoms with Crippen molar-refractivity contribution in [3.05, 3.63) is 33.7 Å². The summed E-state index contributed by atoms with van der Waals surface area (Å²) in [5, 5.41) is 12.7. The predicted octanol–water partition coefficient (Wildman–Crippen LogP) is 2.90. The average Bonchev–Trinajstić information content (AvgIpc) is 2.81. The van der Waals surface area contributed by atoms with Gasteiger partial charge in [-0.05, 0) is 24.6 Å². The van der Waals surface area contributed by atoms with Crippen molar-refractivity contribution in [2.75, 3.05) is 5.32 Å². The number of thiazole rings is 1. The van der Waals surface area contributed by atoms with Crippen LogP contribution in [-0.4, -0.2) is 24.8 Å². The molecule has 0 saturated heterocycles. The number of benzene rings is 1. The second-order valence-electron chi connectivity index (χ2n) is 3.97. The molecule has 0 radical (unpaired) electrons. The number of aromatic hydroxyl groups is 1. The van der Waals surface area contributed by atoms with Crippen LogP contribution in [0.4, 0.5) is 5.13 Å². The molecule has 0 aliphatic heterocycles. The smallest absolute Gasteiger partial charge is 0.261 e. The van der Waals surface area contributed by atoms with Gasteiger partial charge in [0, 0.05) is 9.90 Å². The molecule has 0 saturated carbocycles. The number of nitrogens with zero attached hydrogens (tertiary/aromatic N) is 1. The van der Waals surface area contributed by atoms with Gasteiger partial charge in [0.15, 0.2) is 10.2 Å². The average molecular weight is 347 g/mol. The topological polar surface area (TPSA) is 99.5 Å². The highest BCUT2D eigenvalue weighted by Crippen LogP contribution is 2.27. The minimum absolute atomic E-state index is 0.0399. The first-order valence-electron chi connectivity index (χ1n) is 5.82. The van der Waals surface area contributed by atoms with Gasteiger partial charge < -0.3 is 9.66 Å². The fraction of sp³-hybridized carbons (Fsp3) is 0.167. The van der Waals surface area contributed by atoms with E-state index >= 15 is 0 Å². The first-order valence-corrected chi connectivity index (χ1v) is 8.13. The number of hydrogen-bond acceptors (Lipinski definition) is 5. The Balaban J connectivity index is 2.25. The van der Waals surface area contributed by atoms with Crippen LogP contribution >= 0.6 is 22.9 Å². The maximum absolute atomic E-state index is 12.0. The first-order chi connectivity index (χ1) is 9.92. The van der Waals surface area contributed by atoms with E-state index in [2.05, 4.69) is 10.3 Å². The first kappa shape index (κ1) is 15.9. The molecule has 112 valence electrons. The normalized spacial score (nSPS) is 12.1. The monoisotopic (exact) mass is 346 g/mol. The van der Waals surface area contributed by atoms with Gasteiger partial charge in [-0.25, -0.2) is 9.19 Å². The highest BCUT2D eigenvalue weighted by Gasteiger charge is 2.18. The lowest BCUT2D eigenvalue weighted by atomic mass is 10.2. The van der Waals surface area contributed by atoms with Gasteiger partial charge in [0.1, 0.15) is 5.75 Å². The van der Waals surface area contributed by atoms with Crippen LogP contribution in [0, 0.1) is 0 Å². The van der Waals surface area contributed by atoms with Crippen molar-refractivity contribution in [3.8, 4) is 5.75 Å². The number of anilines is 1. The van der Waals surface area contributed by atoms with Gasteiger partial charge in [-0.1, -0.05) is 18.5 Å². The van der Waals surface area contributed by atoms with E-state index in [0.717, 1.165) is 11.3 Å². The molecule has 21 heavy (non-hydrogen) atoms. The molecule has 1 aromatic heterocycles. The van der Waals surface area contributed by atoms with Gasteiger partial charge >= 0.3 is 0 Å². The quantitative estimate of drug-likeness (QED) is 0.739. The number of aryl methyl sites for hydroxylation is 1. The summed E-state index contributed by atoms with van der Waals surface area (Å²) in [6, 6.07) is 4.11. The Morgan fingerprint density at radius 2 is 2.24 bits per heavy atom. The molecule has 0 fully saturated rings. The zero-order chi connectivity index (χ0) is 15.6. The number of phenols is 1. The highest BCUT2D eigenvalue weighted by molar-refractivity contribution is 7.79. The fourth-order valence-electron chi connectivity index (χ4n) is 1.61. The molecule has 2 aromatic rings. The second kappa shape index (κ2) is 6.52. The van der Waals surface area contributed by atoms with E-state index in [-0.39, 0.29) is 21.5 Å². The van der Waals surface area contributed by atoms with E-state index < -0.39 is 17.0 Å². The number of amides is 1. The Kier molecular flexibility index (Phi) is 4.94. The minimum Gasteiger partial charge on any atom is -0.507 e. The number of halogens is 1. The molecular formula is C12H11ClN2O4S2. The van der Waals surface area contributed by atoms with Crippen LogP contribution in [0.2, 0.25) is 5.02 Å². The van der Waals surface area contributed by atoms with E-state index in [4.69, 9.17) is 16.2 Å². The summed E-state index contributed by atoms with van der Waals surface area (Å²) in [5.74, 6) is -0.825. The third-order valence-electron chi connectivity index (χ3n) is 2.57. The summed E-state index contributed by atoms with van der Waals surface area (Å²) >= 11 is 4.61. The van der Waals surface area contributed by atoms with Crippen LogP contribution in [0.3, 0.4) is 0 Å². The second-order valence-corrected chi connectivity index (χ2v) is 6.37. The predicted molar refractivity (Wildman–Crippen MR) is 81.6 cm³/mol. The zero-order valence-corrected chi connectivity index (χ0v) is 13.2. The Morgan fingerprint density at radius 1 is 1.52 bits per heavy atom. The molecule has 0 spiro atoms. The molecule has 1 aromatic carbocycles. The Morgan fingerprint density at radius 3 is 2.76 bits per heavy atom. The van der Waals surface area contributed by atoms with E-state index in [9.17, 15) is 14.1 Å². The van der Waals surface area contributed by atoms with Crippen LogP contribution in [0.25, 0.3) is 0 Å². The number of phenolic OH excluding ortho intramolecular Hbond substituents is 1. The molecule has 9 heteroatoms. The van der Waals surface area contributed by atoms with Crippen LogP contribution in [0.5, 0.6) is 5.75 Å². The van der Waals surface area contributed by atoms with Crippen molar-refractivity contribution in [3.63, 3.8) is 0 Å².